The van der Waals surface area contributed by atoms with Gasteiger partial charge in [-0.2, -0.15) is 10.1 Å². The van der Waals surface area contributed by atoms with E-state index in [9.17, 15) is 10.4 Å². The van der Waals surface area contributed by atoms with E-state index in [4.69, 9.17) is 0 Å². The summed E-state index contributed by atoms with van der Waals surface area (Å²) in [6, 6.07) is 0.00158. The normalized spacial score (nSPS) is 13.9. The molecule has 0 saturated heterocycles. The van der Waals surface area contributed by atoms with Crippen LogP contribution in [-0.2, 0) is 0 Å². The number of hydrogen-bond donors (Lipinski definition) is 2. The van der Waals surface area contributed by atoms with Gasteiger partial charge in [-0.25, -0.2) is 0 Å². The lowest BCUT2D eigenvalue weighted by Gasteiger charge is -2.28. The minimum atomic E-state index is 0.00158. The van der Waals surface area contributed by atoms with Gasteiger partial charge >= 0.3 is 0 Å². The van der Waals surface area contributed by atoms with E-state index in [1.165, 1.54) is 10.1 Å². The minimum Gasteiger partial charge on any atom is -0.314 e. The van der Waals surface area contributed by atoms with Crippen LogP contribution in [0.1, 0.15) is 34.1 Å². The van der Waals surface area contributed by atoms with Crippen molar-refractivity contribution in [1.82, 2.24) is 15.0 Å². The Hall–Kier alpha value is -0.200. The molecule has 17 heavy (non-hydrogen) atoms. The average Bonchev–Trinajstić information content (AvgIpc) is 2.36. The van der Waals surface area contributed by atoms with Crippen molar-refractivity contribution in [2.45, 2.75) is 40.2 Å². The summed E-state index contributed by atoms with van der Waals surface area (Å²) in [5, 5.41) is 22.0. The number of nitrogens with zero attached hydrogens (tertiary/aromatic N) is 3. The quantitative estimate of drug-likeness (QED) is 0.573. The highest BCUT2D eigenvalue weighted by Crippen LogP contribution is 2.03. The summed E-state index contributed by atoms with van der Waals surface area (Å²) in [6.07, 6.45) is 0.826. The van der Waals surface area contributed by atoms with Crippen molar-refractivity contribution in [2.75, 3.05) is 39.3 Å². The SMILES string of the molecule is CCC(CN(O)CCN(CC)CC)N(O)CC. The third kappa shape index (κ3) is 6.95. The molecule has 1 atom stereocenters. The first kappa shape index (κ1) is 16.8. The molecule has 0 saturated carbocycles. The van der Waals surface area contributed by atoms with Gasteiger partial charge in [-0.15, -0.1) is 0 Å². The van der Waals surface area contributed by atoms with Gasteiger partial charge in [-0.05, 0) is 19.5 Å². The first-order valence-corrected chi connectivity index (χ1v) is 6.70. The fraction of sp³-hybridized carbons (Fsp3) is 1.00. The van der Waals surface area contributed by atoms with Crippen molar-refractivity contribution in [3.63, 3.8) is 0 Å². The predicted molar refractivity (Wildman–Crippen MR) is 69.4 cm³/mol. The molecule has 0 aromatic carbocycles. The number of hydroxylamine groups is 4. The molecule has 0 aliphatic heterocycles. The van der Waals surface area contributed by atoms with Crippen LogP contribution in [0.15, 0.2) is 0 Å². The second-order valence-corrected chi connectivity index (χ2v) is 4.26. The highest BCUT2D eigenvalue weighted by Gasteiger charge is 2.16. The highest BCUT2D eigenvalue weighted by molar-refractivity contribution is 4.66. The summed E-state index contributed by atoms with van der Waals surface area (Å²) in [5.74, 6) is 0. The van der Waals surface area contributed by atoms with Gasteiger partial charge in [0.25, 0.3) is 0 Å². The van der Waals surface area contributed by atoms with Crippen LogP contribution in [-0.4, -0.2) is 70.8 Å². The maximum Gasteiger partial charge on any atom is 0.0497 e. The molecule has 1 unspecified atom stereocenters. The first-order chi connectivity index (χ1) is 8.08. The molecule has 0 heterocycles. The van der Waals surface area contributed by atoms with Gasteiger partial charge in [0.2, 0.25) is 0 Å². The van der Waals surface area contributed by atoms with Gasteiger partial charge in [0, 0.05) is 32.2 Å². The fourth-order valence-electron chi connectivity index (χ4n) is 1.82. The molecular formula is C12H29N3O2. The van der Waals surface area contributed by atoms with E-state index in [0.29, 0.717) is 19.6 Å². The average molecular weight is 247 g/mol. The Balaban J connectivity index is 3.93. The van der Waals surface area contributed by atoms with Crippen molar-refractivity contribution in [1.29, 1.82) is 0 Å². The fourth-order valence-corrected chi connectivity index (χ4v) is 1.82. The van der Waals surface area contributed by atoms with Gasteiger partial charge in [0.15, 0.2) is 0 Å². The molecule has 0 aromatic rings. The van der Waals surface area contributed by atoms with E-state index >= 15 is 0 Å². The Bertz CT molecular complexity index is 177. The summed E-state index contributed by atoms with van der Waals surface area (Å²) >= 11 is 0. The standard InChI is InChI=1S/C12H29N3O2/c1-5-12(15(17)8-4)11-14(16)10-9-13(6-2)7-3/h12,16-17H,5-11H2,1-4H3. The zero-order valence-corrected chi connectivity index (χ0v) is 11.8. The predicted octanol–water partition coefficient (Wildman–Crippen LogP) is 1.51. The van der Waals surface area contributed by atoms with Gasteiger partial charge in [-0.3, -0.25) is 0 Å². The summed E-state index contributed by atoms with van der Waals surface area (Å²) in [4.78, 5) is 2.26. The van der Waals surface area contributed by atoms with E-state index in [1.54, 1.807) is 0 Å². The largest absolute Gasteiger partial charge is 0.314 e. The molecule has 0 bridgehead atoms. The highest BCUT2D eigenvalue weighted by atomic mass is 16.5. The summed E-state index contributed by atoms with van der Waals surface area (Å²) in [6.45, 7) is 12.7. The molecule has 5 nitrogen and oxygen atoms in total. The summed E-state index contributed by atoms with van der Waals surface area (Å²) in [5.41, 5.74) is 0. The van der Waals surface area contributed by atoms with Crippen LogP contribution in [0.25, 0.3) is 0 Å². The van der Waals surface area contributed by atoms with E-state index in [2.05, 4.69) is 18.7 Å². The molecule has 0 aromatic heterocycles. The van der Waals surface area contributed by atoms with E-state index in [0.717, 1.165) is 26.1 Å². The summed E-state index contributed by atoms with van der Waals surface area (Å²) < 4.78 is 0. The van der Waals surface area contributed by atoms with E-state index < -0.39 is 0 Å². The smallest absolute Gasteiger partial charge is 0.0497 e. The molecule has 0 radical (unpaired) electrons. The third-order valence-corrected chi connectivity index (χ3v) is 3.21. The second-order valence-electron chi connectivity index (χ2n) is 4.26. The second kappa shape index (κ2) is 9.79. The number of hydrogen-bond acceptors (Lipinski definition) is 5. The monoisotopic (exact) mass is 247 g/mol. The third-order valence-electron chi connectivity index (χ3n) is 3.21. The van der Waals surface area contributed by atoms with Crippen LogP contribution in [0.5, 0.6) is 0 Å². The topological polar surface area (TPSA) is 50.2 Å². The Morgan fingerprint density at radius 1 is 0.882 bits per heavy atom. The Kier molecular flexibility index (Phi) is 9.68. The molecule has 0 fully saturated rings. The van der Waals surface area contributed by atoms with Gasteiger partial charge in [-0.1, -0.05) is 27.7 Å². The Morgan fingerprint density at radius 3 is 1.88 bits per heavy atom. The summed E-state index contributed by atoms with van der Waals surface area (Å²) in [7, 11) is 0. The lowest BCUT2D eigenvalue weighted by molar-refractivity contribution is -0.167. The molecule has 0 amide bonds. The zero-order valence-electron chi connectivity index (χ0n) is 11.8. The molecule has 5 heteroatoms. The Labute approximate surface area is 106 Å². The van der Waals surface area contributed by atoms with Crippen LogP contribution < -0.4 is 0 Å². The van der Waals surface area contributed by atoms with Crippen molar-refractivity contribution >= 4 is 0 Å². The van der Waals surface area contributed by atoms with Crippen LogP contribution in [0, 0.1) is 0 Å². The van der Waals surface area contributed by atoms with Crippen LogP contribution in [0.3, 0.4) is 0 Å². The lowest BCUT2D eigenvalue weighted by atomic mass is 10.2. The minimum absolute atomic E-state index is 0.00158. The molecular weight excluding hydrogens is 218 g/mol. The molecule has 0 rings (SSSR count). The maximum atomic E-state index is 9.80. The Morgan fingerprint density at radius 2 is 1.47 bits per heavy atom. The number of rotatable bonds is 10. The van der Waals surface area contributed by atoms with E-state index in [1.807, 2.05) is 13.8 Å². The lowest BCUT2D eigenvalue weighted by Crippen LogP contribution is -2.43. The first-order valence-electron chi connectivity index (χ1n) is 6.70. The molecule has 0 spiro atoms. The molecule has 104 valence electrons. The van der Waals surface area contributed by atoms with Crippen molar-refractivity contribution < 1.29 is 10.4 Å². The van der Waals surface area contributed by atoms with Crippen LogP contribution in [0.4, 0.5) is 0 Å². The zero-order chi connectivity index (χ0) is 13.3. The van der Waals surface area contributed by atoms with Crippen LogP contribution >= 0.6 is 0 Å². The van der Waals surface area contributed by atoms with Gasteiger partial charge in [0.05, 0.1) is 0 Å². The van der Waals surface area contributed by atoms with Crippen molar-refractivity contribution in [3.05, 3.63) is 0 Å². The number of likely N-dealkylation sites (N-methyl/N-ethyl adjacent to an activating group) is 2. The van der Waals surface area contributed by atoms with Gasteiger partial charge < -0.3 is 15.3 Å². The van der Waals surface area contributed by atoms with Crippen molar-refractivity contribution in [2.24, 2.45) is 0 Å². The van der Waals surface area contributed by atoms with Crippen molar-refractivity contribution in [3.8, 4) is 0 Å². The van der Waals surface area contributed by atoms with E-state index in [-0.39, 0.29) is 6.04 Å². The molecule has 0 aliphatic rings. The molecule has 0 aliphatic carbocycles. The van der Waals surface area contributed by atoms with Gasteiger partial charge in [0.1, 0.15) is 0 Å². The van der Waals surface area contributed by atoms with Crippen LogP contribution in [0.2, 0.25) is 0 Å². The molecule has 2 N–H and O–H groups in total. The maximum absolute atomic E-state index is 9.80.